The monoisotopic (exact) mass is 514 g/mol. The normalized spacial score (nSPS) is 11.6. The van der Waals surface area contributed by atoms with Gasteiger partial charge in [0.05, 0.1) is 0 Å². The highest BCUT2D eigenvalue weighted by Gasteiger charge is 2.19. The van der Waals surface area contributed by atoms with Gasteiger partial charge in [-0.15, -0.1) is 20.4 Å². The number of carbonyl (C=O) groups excluding carboxylic acids is 2. The number of nitrogens with zero attached hydrogens (tertiary/aromatic N) is 6. The number of aromatic amines is 2. The van der Waals surface area contributed by atoms with Crippen molar-refractivity contribution < 1.29 is 9.59 Å². The SMILES string of the molecule is CC(=O)NCCc1nnc2cc(C(C)(C)C)[nH]n12.CC(C)(C)c1cc2nnc(CCN)n2[nH]1.CC(C)=O. The number of amides is 1. The average Bonchev–Trinajstić information content (AvgIpc) is 3.49. The number of Topliss-reactive ketones (excluding diaryl/α,β-unsaturated/α-hetero) is 1. The Morgan fingerprint density at radius 3 is 1.57 bits per heavy atom. The summed E-state index contributed by atoms with van der Waals surface area (Å²) in [4.78, 5) is 20.3. The largest absolute Gasteiger partial charge is 0.356 e. The van der Waals surface area contributed by atoms with Crippen LogP contribution in [0, 0.1) is 0 Å². The molecule has 5 N–H and O–H groups in total. The Morgan fingerprint density at radius 2 is 1.22 bits per heavy atom. The molecule has 0 fully saturated rings. The van der Waals surface area contributed by atoms with Gasteiger partial charge in [-0.3, -0.25) is 15.0 Å². The van der Waals surface area contributed by atoms with E-state index >= 15 is 0 Å². The molecule has 0 saturated heterocycles. The van der Waals surface area contributed by atoms with Crippen LogP contribution in [0.25, 0.3) is 11.3 Å². The third-order valence-corrected chi connectivity index (χ3v) is 5.23. The third kappa shape index (κ3) is 8.52. The van der Waals surface area contributed by atoms with Gasteiger partial charge in [0.25, 0.3) is 0 Å². The Bertz CT molecular complexity index is 1310. The maximum Gasteiger partial charge on any atom is 0.216 e. The van der Waals surface area contributed by atoms with Crippen LogP contribution in [0.15, 0.2) is 12.1 Å². The minimum absolute atomic E-state index is 0.0300. The van der Waals surface area contributed by atoms with E-state index in [9.17, 15) is 9.59 Å². The highest BCUT2D eigenvalue weighted by molar-refractivity contribution is 5.72. The summed E-state index contributed by atoms with van der Waals surface area (Å²) in [6, 6.07) is 4.04. The van der Waals surface area contributed by atoms with Crippen molar-refractivity contribution in [1.82, 2.24) is 44.9 Å². The highest BCUT2D eigenvalue weighted by atomic mass is 16.1. The molecule has 12 heteroatoms. The van der Waals surface area contributed by atoms with Crippen LogP contribution in [0.5, 0.6) is 0 Å². The number of H-pyrrole nitrogens is 2. The maximum absolute atomic E-state index is 10.8. The summed E-state index contributed by atoms with van der Waals surface area (Å²) in [6.45, 7) is 18.6. The molecule has 204 valence electrons. The second-order valence-electron chi connectivity index (χ2n) is 11.1. The molecule has 4 heterocycles. The number of fused-ring (bicyclic) bond motifs is 2. The molecule has 4 aromatic heterocycles. The van der Waals surface area contributed by atoms with Crippen LogP contribution in [-0.4, -0.2) is 64.4 Å². The summed E-state index contributed by atoms with van der Waals surface area (Å²) in [5.41, 5.74) is 9.62. The van der Waals surface area contributed by atoms with Crippen LogP contribution in [0.2, 0.25) is 0 Å². The minimum Gasteiger partial charge on any atom is -0.356 e. The van der Waals surface area contributed by atoms with Crippen molar-refractivity contribution in [3.8, 4) is 0 Å². The van der Waals surface area contributed by atoms with Crippen LogP contribution in [-0.2, 0) is 33.3 Å². The molecular weight excluding hydrogens is 472 g/mol. The summed E-state index contributed by atoms with van der Waals surface area (Å²) >= 11 is 0. The minimum atomic E-state index is -0.0300. The second-order valence-corrected chi connectivity index (χ2v) is 11.1. The molecular formula is C25H42N10O2. The zero-order valence-electron chi connectivity index (χ0n) is 23.6. The van der Waals surface area contributed by atoms with Gasteiger partial charge in [-0.25, -0.2) is 9.03 Å². The molecule has 12 nitrogen and oxygen atoms in total. The van der Waals surface area contributed by atoms with E-state index in [0.29, 0.717) is 19.5 Å². The quantitative estimate of drug-likeness (QED) is 0.318. The number of carbonyl (C=O) groups is 2. The lowest BCUT2D eigenvalue weighted by Gasteiger charge is -2.15. The zero-order valence-corrected chi connectivity index (χ0v) is 23.6. The first-order valence-corrected chi connectivity index (χ1v) is 12.4. The maximum atomic E-state index is 10.8. The molecule has 0 aromatic carbocycles. The summed E-state index contributed by atoms with van der Waals surface area (Å²) < 4.78 is 3.79. The molecule has 0 radical (unpaired) electrons. The van der Waals surface area contributed by atoms with Crippen LogP contribution in [0.4, 0.5) is 0 Å². The second kappa shape index (κ2) is 12.1. The van der Waals surface area contributed by atoms with Gasteiger partial charge in [0.15, 0.2) is 22.9 Å². The lowest BCUT2D eigenvalue weighted by Crippen LogP contribution is -2.23. The molecule has 0 aliphatic heterocycles. The molecule has 0 aliphatic rings. The third-order valence-electron chi connectivity index (χ3n) is 5.23. The summed E-state index contributed by atoms with van der Waals surface area (Å²) in [5, 5.41) is 25.8. The number of hydrogen-bond acceptors (Lipinski definition) is 7. The molecule has 4 aromatic rings. The Hall–Kier alpha value is -3.54. The van der Waals surface area contributed by atoms with E-state index in [4.69, 9.17) is 5.73 Å². The van der Waals surface area contributed by atoms with E-state index in [1.165, 1.54) is 20.8 Å². The molecule has 1 amide bonds. The van der Waals surface area contributed by atoms with Crippen LogP contribution in [0.3, 0.4) is 0 Å². The van der Waals surface area contributed by atoms with Crippen LogP contribution >= 0.6 is 0 Å². The van der Waals surface area contributed by atoms with Gasteiger partial charge in [-0.1, -0.05) is 41.5 Å². The fraction of sp³-hybridized carbons (Fsp3) is 0.600. The van der Waals surface area contributed by atoms with Gasteiger partial charge in [0.1, 0.15) is 5.78 Å². The van der Waals surface area contributed by atoms with Crippen molar-refractivity contribution in [2.45, 2.75) is 86.0 Å². The van der Waals surface area contributed by atoms with Crippen molar-refractivity contribution in [2.75, 3.05) is 13.1 Å². The van der Waals surface area contributed by atoms with E-state index in [-0.39, 0.29) is 22.5 Å². The van der Waals surface area contributed by atoms with Gasteiger partial charge in [0.2, 0.25) is 5.91 Å². The highest BCUT2D eigenvalue weighted by Crippen LogP contribution is 2.22. The standard InChI is InChI=1S/C12H19N5O.C10H17N5.C3H6O/c1-8(18)13-6-5-10-14-15-11-7-9(12(2,3)4)16-17(10)11;1-10(2,3)7-6-9-13-12-8(4-5-11)15(9)14-7;1-3(2)4/h7,16H,5-6H2,1-4H3,(H,13,18);6,14H,4-5,11H2,1-3H3;1-2H3. The van der Waals surface area contributed by atoms with Crippen LogP contribution < -0.4 is 11.1 Å². The Morgan fingerprint density at radius 1 is 0.811 bits per heavy atom. The van der Waals surface area contributed by atoms with Gasteiger partial charge in [-0.05, 0) is 20.4 Å². The average molecular weight is 515 g/mol. The molecule has 0 aliphatic carbocycles. The lowest BCUT2D eigenvalue weighted by molar-refractivity contribution is -0.119. The van der Waals surface area contributed by atoms with Gasteiger partial charge in [0, 0.05) is 60.7 Å². The smallest absolute Gasteiger partial charge is 0.216 e. The summed E-state index contributed by atoms with van der Waals surface area (Å²) in [7, 11) is 0. The Labute approximate surface area is 217 Å². The Kier molecular flexibility index (Phi) is 9.73. The number of nitrogens with one attached hydrogen (secondary N) is 3. The predicted molar refractivity (Wildman–Crippen MR) is 144 cm³/mol. The van der Waals surface area contributed by atoms with E-state index in [0.717, 1.165) is 40.8 Å². The molecule has 0 saturated carbocycles. The number of rotatable bonds is 5. The fourth-order valence-corrected chi connectivity index (χ4v) is 3.23. The number of ketones is 1. The summed E-state index contributed by atoms with van der Waals surface area (Å²) in [5.74, 6) is 1.86. The van der Waals surface area contributed by atoms with E-state index in [1.807, 2.05) is 21.2 Å². The Balaban J connectivity index is 0.000000230. The van der Waals surface area contributed by atoms with Crippen molar-refractivity contribution in [3.05, 3.63) is 35.2 Å². The fourth-order valence-electron chi connectivity index (χ4n) is 3.23. The topological polar surface area (TPSA) is 164 Å². The number of aromatic nitrogens is 8. The lowest BCUT2D eigenvalue weighted by atomic mass is 9.93. The van der Waals surface area contributed by atoms with Crippen molar-refractivity contribution in [2.24, 2.45) is 5.73 Å². The van der Waals surface area contributed by atoms with Crippen molar-refractivity contribution >= 4 is 23.0 Å². The van der Waals surface area contributed by atoms with Gasteiger partial charge >= 0.3 is 0 Å². The van der Waals surface area contributed by atoms with Crippen molar-refractivity contribution in [1.29, 1.82) is 0 Å². The van der Waals surface area contributed by atoms with Crippen molar-refractivity contribution in [3.63, 3.8) is 0 Å². The molecule has 4 rings (SSSR count). The van der Waals surface area contributed by atoms with Crippen LogP contribution in [0.1, 0.15) is 85.4 Å². The van der Waals surface area contributed by atoms with E-state index in [1.54, 1.807) is 0 Å². The molecule has 0 atom stereocenters. The van der Waals surface area contributed by atoms with E-state index < -0.39 is 0 Å². The molecule has 0 spiro atoms. The number of nitrogens with two attached hydrogens (primary N) is 1. The van der Waals surface area contributed by atoms with Gasteiger partial charge in [-0.2, -0.15) is 0 Å². The van der Waals surface area contributed by atoms with E-state index in [2.05, 4.69) is 77.5 Å². The summed E-state index contributed by atoms with van der Waals surface area (Å²) in [6.07, 6.45) is 1.40. The molecule has 0 bridgehead atoms. The predicted octanol–water partition coefficient (Wildman–Crippen LogP) is 2.48. The zero-order chi connectivity index (χ0) is 28.0. The first-order chi connectivity index (χ1) is 17.1. The molecule has 37 heavy (non-hydrogen) atoms. The first-order valence-electron chi connectivity index (χ1n) is 12.4. The van der Waals surface area contributed by atoms with Gasteiger partial charge < -0.3 is 15.8 Å². The first kappa shape index (κ1) is 29.7. The molecule has 0 unspecified atom stereocenters. The number of hydrogen-bond donors (Lipinski definition) is 4.